The molecule has 1 N–H and O–H groups in total. The zero-order chi connectivity index (χ0) is 15.3. The smallest absolute Gasteiger partial charge is 0.232 e. The third kappa shape index (κ3) is 5.67. The summed E-state index contributed by atoms with van der Waals surface area (Å²) in [5, 5.41) is 0. The van der Waals surface area contributed by atoms with Gasteiger partial charge in [-0.1, -0.05) is 26.0 Å². The second-order valence-corrected chi connectivity index (χ2v) is 8.00. The Bertz CT molecular complexity index is 548. The van der Waals surface area contributed by atoms with Gasteiger partial charge in [0, 0.05) is 18.9 Å². The zero-order valence-electron chi connectivity index (χ0n) is 12.8. The van der Waals surface area contributed by atoms with Gasteiger partial charge >= 0.3 is 0 Å². The van der Waals surface area contributed by atoms with E-state index >= 15 is 0 Å². The number of anilines is 1. The van der Waals surface area contributed by atoms with E-state index in [1.807, 2.05) is 24.3 Å². The molecule has 1 aliphatic rings. The highest BCUT2D eigenvalue weighted by Crippen LogP contribution is 2.20. The van der Waals surface area contributed by atoms with Gasteiger partial charge in [-0.05, 0) is 48.8 Å². The lowest BCUT2D eigenvalue weighted by Gasteiger charge is -2.22. The maximum atomic E-state index is 12.2. The maximum Gasteiger partial charge on any atom is 0.232 e. The van der Waals surface area contributed by atoms with Crippen LogP contribution in [0.25, 0.3) is 0 Å². The summed E-state index contributed by atoms with van der Waals surface area (Å²) >= 11 is 0. The van der Waals surface area contributed by atoms with Crippen LogP contribution in [0.15, 0.2) is 24.3 Å². The molecule has 5 heteroatoms. The summed E-state index contributed by atoms with van der Waals surface area (Å²) in [6.45, 7) is 5.65. The molecule has 0 atom stereocenters. The molecule has 0 unspecified atom stereocenters. The minimum absolute atomic E-state index is 0.185. The second kappa shape index (κ2) is 7.27. The van der Waals surface area contributed by atoms with E-state index in [2.05, 4.69) is 18.6 Å². The number of hydrogen-bond acceptors (Lipinski definition) is 3. The minimum atomic E-state index is -3.29. The fourth-order valence-corrected chi connectivity index (χ4v) is 4.20. The van der Waals surface area contributed by atoms with Gasteiger partial charge < -0.3 is 4.74 Å². The summed E-state index contributed by atoms with van der Waals surface area (Å²) < 4.78 is 32.5. The van der Waals surface area contributed by atoms with Crippen LogP contribution >= 0.6 is 0 Å². The maximum absolute atomic E-state index is 12.2. The van der Waals surface area contributed by atoms with E-state index in [1.165, 1.54) is 0 Å². The molecule has 4 nitrogen and oxygen atoms in total. The average Bonchev–Trinajstić information content (AvgIpc) is 2.38. The molecule has 0 aromatic heterocycles. The van der Waals surface area contributed by atoms with E-state index in [1.54, 1.807) is 0 Å². The van der Waals surface area contributed by atoms with Gasteiger partial charge in [0.05, 0.1) is 5.75 Å². The molecule has 2 rings (SSSR count). The van der Waals surface area contributed by atoms with Crippen LogP contribution in [0.4, 0.5) is 5.69 Å². The van der Waals surface area contributed by atoms with E-state index in [0.29, 0.717) is 24.8 Å². The molecule has 1 aliphatic heterocycles. The Kier molecular flexibility index (Phi) is 5.65. The molecule has 1 saturated heterocycles. The summed E-state index contributed by atoms with van der Waals surface area (Å²) in [6.07, 6.45) is 2.61. The highest BCUT2D eigenvalue weighted by molar-refractivity contribution is 7.92. The number of nitrogens with one attached hydrogen (secondary N) is 1. The molecule has 0 bridgehead atoms. The summed E-state index contributed by atoms with van der Waals surface area (Å²) in [5.41, 5.74) is 1.83. The van der Waals surface area contributed by atoms with Crippen LogP contribution in [0.2, 0.25) is 0 Å². The van der Waals surface area contributed by atoms with Crippen molar-refractivity contribution in [3.8, 4) is 0 Å². The molecule has 0 radical (unpaired) electrons. The van der Waals surface area contributed by atoms with Gasteiger partial charge in [0.2, 0.25) is 10.0 Å². The first-order chi connectivity index (χ1) is 9.94. The van der Waals surface area contributed by atoms with Crippen molar-refractivity contribution in [2.45, 2.75) is 33.1 Å². The van der Waals surface area contributed by atoms with Gasteiger partial charge in [-0.25, -0.2) is 8.42 Å². The van der Waals surface area contributed by atoms with E-state index in [4.69, 9.17) is 4.74 Å². The van der Waals surface area contributed by atoms with Gasteiger partial charge in [-0.3, -0.25) is 4.72 Å². The third-order valence-electron chi connectivity index (χ3n) is 3.64. The average molecular weight is 311 g/mol. The highest BCUT2D eigenvalue weighted by atomic mass is 32.2. The van der Waals surface area contributed by atoms with Crippen molar-refractivity contribution in [2.24, 2.45) is 11.8 Å². The SMILES string of the molecule is CC(C)Cc1cccc(NS(=O)(=O)CC2CCOCC2)c1. The predicted octanol–water partition coefficient (Wildman–Crippen LogP) is 3.05. The van der Waals surface area contributed by atoms with Gasteiger partial charge in [-0.15, -0.1) is 0 Å². The molecule has 0 amide bonds. The van der Waals surface area contributed by atoms with Gasteiger partial charge in [0.25, 0.3) is 0 Å². The normalized spacial score (nSPS) is 17.1. The number of rotatable bonds is 6. The Labute approximate surface area is 127 Å². The first-order valence-electron chi connectivity index (χ1n) is 7.62. The minimum Gasteiger partial charge on any atom is -0.381 e. The predicted molar refractivity (Wildman–Crippen MR) is 85.9 cm³/mol. The molecule has 1 heterocycles. The molecule has 1 fully saturated rings. The second-order valence-electron chi connectivity index (χ2n) is 6.24. The molecule has 21 heavy (non-hydrogen) atoms. The first-order valence-corrected chi connectivity index (χ1v) is 9.27. The van der Waals surface area contributed by atoms with E-state index in [0.717, 1.165) is 24.8 Å². The van der Waals surface area contributed by atoms with Gasteiger partial charge in [0.15, 0.2) is 0 Å². The topological polar surface area (TPSA) is 55.4 Å². The van der Waals surface area contributed by atoms with Gasteiger partial charge in [-0.2, -0.15) is 0 Å². The van der Waals surface area contributed by atoms with Crippen LogP contribution in [0.3, 0.4) is 0 Å². The van der Waals surface area contributed by atoms with Crippen LogP contribution in [0, 0.1) is 11.8 Å². The molecule has 0 aliphatic carbocycles. The molecular weight excluding hydrogens is 286 g/mol. The van der Waals surface area contributed by atoms with Crippen molar-refractivity contribution >= 4 is 15.7 Å². The van der Waals surface area contributed by atoms with Crippen LogP contribution in [0.1, 0.15) is 32.3 Å². The Balaban J connectivity index is 1.98. The third-order valence-corrected chi connectivity index (χ3v) is 5.10. The van der Waals surface area contributed by atoms with Crippen LogP contribution < -0.4 is 4.72 Å². The monoisotopic (exact) mass is 311 g/mol. The Morgan fingerprint density at radius 2 is 2.00 bits per heavy atom. The van der Waals surface area contributed by atoms with Crippen molar-refractivity contribution in [2.75, 3.05) is 23.7 Å². The summed E-state index contributed by atoms with van der Waals surface area (Å²) in [4.78, 5) is 0. The molecular formula is C16H25NO3S. The van der Waals surface area contributed by atoms with E-state index in [-0.39, 0.29) is 11.7 Å². The highest BCUT2D eigenvalue weighted by Gasteiger charge is 2.21. The summed E-state index contributed by atoms with van der Waals surface area (Å²) in [5.74, 6) is 0.944. The Morgan fingerprint density at radius 1 is 1.29 bits per heavy atom. The molecule has 1 aromatic rings. The van der Waals surface area contributed by atoms with Crippen molar-refractivity contribution < 1.29 is 13.2 Å². The van der Waals surface area contributed by atoms with Crippen molar-refractivity contribution in [3.05, 3.63) is 29.8 Å². The number of sulfonamides is 1. The van der Waals surface area contributed by atoms with Crippen molar-refractivity contribution in [1.82, 2.24) is 0 Å². The fraction of sp³-hybridized carbons (Fsp3) is 0.625. The van der Waals surface area contributed by atoms with Crippen molar-refractivity contribution in [3.63, 3.8) is 0 Å². The zero-order valence-corrected chi connectivity index (χ0v) is 13.7. The van der Waals surface area contributed by atoms with Crippen LogP contribution in [-0.4, -0.2) is 27.4 Å². The Hall–Kier alpha value is -1.07. The molecule has 1 aromatic carbocycles. The number of hydrogen-bond donors (Lipinski definition) is 1. The Morgan fingerprint density at radius 3 is 2.67 bits per heavy atom. The number of ether oxygens (including phenoxy) is 1. The summed E-state index contributed by atoms with van der Waals surface area (Å²) in [6, 6.07) is 7.69. The molecule has 118 valence electrons. The standard InChI is InChI=1S/C16H25NO3S/c1-13(2)10-15-4-3-5-16(11-15)17-21(18,19)12-14-6-8-20-9-7-14/h3-5,11,13-14,17H,6-10,12H2,1-2H3. The number of benzene rings is 1. The van der Waals surface area contributed by atoms with Crippen molar-refractivity contribution in [1.29, 1.82) is 0 Å². The van der Waals surface area contributed by atoms with Crippen LogP contribution in [0.5, 0.6) is 0 Å². The molecule has 0 spiro atoms. The van der Waals surface area contributed by atoms with Gasteiger partial charge in [0.1, 0.15) is 0 Å². The quantitative estimate of drug-likeness (QED) is 0.878. The van der Waals surface area contributed by atoms with Crippen LogP contribution in [-0.2, 0) is 21.2 Å². The summed E-state index contributed by atoms with van der Waals surface area (Å²) in [7, 11) is -3.29. The fourth-order valence-electron chi connectivity index (χ4n) is 2.68. The lowest BCUT2D eigenvalue weighted by atomic mass is 10.0. The first kappa shape index (κ1) is 16.3. The largest absolute Gasteiger partial charge is 0.381 e. The van der Waals surface area contributed by atoms with E-state index in [9.17, 15) is 8.42 Å². The van der Waals surface area contributed by atoms with E-state index < -0.39 is 10.0 Å². The lowest BCUT2D eigenvalue weighted by Crippen LogP contribution is -2.27. The molecule has 0 saturated carbocycles. The lowest BCUT2D eigenvalue weighted by molar-refractivity contribution is 0.0724.